The number of aromatic nitrogens is 1. The average molecular weight is 348 g/mol. The second-order valence-corrected chi connectivity index (χ2v) is 5.65. The highest BCUT2D eigenvalue weighted by Crippen LogP contribution is 2.27. The third-order valence-corrected chi connectivity index (χ3v) is 3.91. The van der Waals surface area contributed by atoms with Crippen LogP contribution in [0.4, 0.5) is 5.69 Å². The van der Waals surface area contributed by atoms with Crippen LogP contribution in [0.3, 0.4) is 0 Å². The first-order valence-corrected chi connectivity index (χ1v) is 7.80. The summed E-state index contributed by atoms with van der Waals surface area (Å²) in [6, 6.07) is 15.9. The van der Waals surface area contributed by atoms with E-state index in [1.807, 2.05) is 0 Å². The Morgan fingerprint density at radius 1 is 1.08 bits per heavy atom. The van der Waals surface area contributed by atoms with Gasteiger partial charge in [-0.2, -0.15) is 0 Å². The average Bonchev–Trinajstić information content (AvgIpc) is 2.64. The number of nitro groups is 1. The number of hydrogen-bond acceptors (Lipinski definition) is 6. The van der Waals surface area contributed by atoms with E-state index in [2.05, 4.69) is 4.98 Å². The number of rotatable bonds is 4. The van der Waals surface area contributed by atoms with Crippen LogP contribution in [0.1, 0.15) is 5.56 Å². The topological polar surface area (TPSA) is 95.5 Å². The molecule has 0 atom stereocenters. The monoisotopic (exact) mass is 348 g/mol. The van der Waals surface area contributed by atoms with Gasteiger partial charge in [0.1, 0.15) is 23.6 Å². The maximum Gasteiger partial charge on any atom is 0.276 e. The highest BCUT2D eigenvalue weighted by atomic mass is 16.6. The molecule has 0 bridgehead atoms. The lowest BCUT2D eigenvalue weighted by Crippen LogP contribution is -2.01. The van der Waals surface area contributed by atoms with E-state index in [1.165, 1.54) is 18.2 Å². The molecular formula is C19H12N2O5. The molecule has 1 aliphatic carbocycles. The Morgan fingerprint density at radius 2 is 1.92 bits per heavy atom. The van der Waals surface area contributed by atoms with Crippen LogP contribution in [0.25, 0.3) is 22.6 Å². The molecule has 7 heteroatoms. The number of nitrogens with zero attached hydrogens (tertiary/aromatic N) is 2. The largest absolute Gasteiger partial charge is 0.489 e. The normalized spacial score (nSPS) is 10.9. The van der Waals surface area contributed by atoms with Crippen molar-refractivity contribution in [3.63, 3.8) is 0 Å². The van der Waals surface area contributed by atoms with Crippen molar-refractivity contribution in [2.45, 2.75) is 6.61 Å². The molecule has 0 fully saturated rings. The molecule has 1 aliphatic heterocycles. The molecule has 0 amide bonds. The summed E-state index contributed by atoms with van der Waals surface area (Å²) < 4.78 is 11.4. The Kier molecular flexibility index (Phi) is 3.81. The van der Waals surface area contributed by atoms with Gasteiger partial charge in [-0.25, -0.2) is 4.98 Å². The molecule has 0 saturated heterocycles. The number of hydrogen-bond donors (Lipinski definition) is 0. The summed E-state index contributed by atoms with van der Waals surface area (Å²) >= 11 is 0. The quantitative estimate of drug-likeness (QED) is 0.316. The van der Waals surface area contributed by atoms with Gasteiger partial charge in [-0.1, -0.05) is 12.1 Å². The molecule has 0 spiro atoms. The zero-order valence-corrected chi connectivity index (χ0v) is 13.4. The Hall–Kier alpha value is -3.74. The van der Waals surface area contributed by atoms with Crippen molar-refractivity contribution in [2.24, 2.45) is 0 Å². The van der Waals surface area contributed by atoms with E-state index in [0.717, 1.165) is 0 Å². The van der Waals surface area contributed by atoms with Crippen LogP contribution < -0.4 is 10.2 Å². The van der Waals surface area contributed by atoms with Crippen molar-refractivity contribution < 1.29 is 14.1 Å². The van der Waals surface area contributed by atoms with Gasteiger partial charge in [0, 0.05) is 18.2 Å². The first-order chi connectivity index (χ1) is 12.6. The van der Waals surface area contributed by atoms with Crippen molar-refractivity contribution in [2.75, 3.05) is 0 Å². The van der Waals surface area contributed by atoms with Crippen LogP contribution in [-0.4, -0.2) is 9.91 Å². The van der Waals surface area contributed by atoms with Crippen molar-refractivity contribution >= 4 is 16.8 Å². The molecule has 2 aliphatic rings. The van der Waals surface area contributed by atoms with Crippen LogP contribution in [0.5, 0.6) is 5.75 Å². The van der Waals surface area contributed by atoms with Gasteiger partial charge >= 0.3 is 0 Å². The van der Waals surface area contributed by atoms with Gasteiger partial charge in [0.05, 0.1) is 10.5 Å². The maximum absolute atomic E-state index is 11.5. The zero-order valence-electron chi connectivity index (χ0n) is 13.4. The highest BCUT2D eigenvalue weighted by molar-refractivity contribution is 5.77. The van der Waals surface area contributed by atoms with Crippen molar-refractivity contribution in [1.82, 2.24) is 4.98 Å². The molecule has 0 saturated carbocycles. The molecule has 2 aromatic carbocycles. The standard InChI is InChI=1S/C19H12N2O5/c22-13-5-7-15-18(9-13)26-19-10-14(6-8-16(19)20-15)25-11-12-3-1-2-4-17(12)21(23)24/h1-10H,11H2. The van der Waals surface area contributed by atoms with E-state index in [4.69, 9.17) is 9.15 Å². The summed E-state index contributed by atoms with van der Waals surface area (Å²) in [6.45, 7) is 0.0500. The van der Waals surface area contributed by atoms with E-state index in [1.54, 1.807) is 42.5 Å². The Bertz CT molecular complexity index is 1150. The summed E-state index contributed by atoms with van der Waals surface area (Å²) in [5, 5.41) is 11.1. The number of nitro benzene ring substituents is 1. The second-order valence-electron chi connectivity index (χ2n) is 5.65. The first-order valence-electron chi connectivity index (χ1n) is 7.80. The minimum Gasteiger partial charge on any atom is -0.489 e. The molecule has 0 aromatic heterocycles. The van der Waals surface area contributed by atoms with Gasteiger partial charge in [-0.15, -0.1) is 0 Å². The second kappa shape index (κ2) is 6.29. The predicted molar refractivity (Wildman–Crippen MR) is 94.3 cm³/mol. The molecule has 26 heavy (non-hydrogen) atoms. The summed E-state index contributed by atoms with van der Waals surface area (Å²) in [5.41, 5.74) is 1.99. The Balaban J connectivity index is 1.66. The number of para-hydroxylation sites is 1. The van der Waals surface area contributed by atoms with Gasteiger partial charge < -0.3 is 9.15 Å². The molecule has 128 valence electrons. The fourth-order valence-electron chi connectivity index (χ4n) is 2.65. The van der Waals surface area contributed by atoms with Gasteiger partial charge in [0.25, 0.3) is 5.69 Å². The minimum absolute atomic E-state index is 0.00797. The van der Waals surface area contributed by atoms with E-state index < -0.39 is 4.92 Å². The molecule has 0 radical (unpaired) electrons. The van der Waals surface area contributed by atoms with Crippen LogP contribution >= 0.6 is 0 Å². The number of ether oxygens (including phenoxy) is 1. The minimum atomic E-state index is -0.439. The Labute approximate surface area is 147 Å². The van der Waals surface area contributed by atoms with Crippen molar-refractivity contribution in [1.29, 1.82) is 0 Å². The third-order valence-electron chi connectivity index (χ3n) is 3.91. The maximum atomic E-state index is 11.5. The molecule has 1 heterocycles. The molecule has 7 nitrogen and oxygen atoms in total. The number of fused-ring (bicyclic) bond motifs is 2. The van der Waals surface area contributed by atoms with E-state index in [-0.39, 0.29) is 17.7 Å². The van der Waals surface area contributed by atoms with Gasteiger partial charge in [-0.05, 0) is 30.3 Å². The van der Waals surface area contributed by atoms with Gasteiger partial charge in [-0.3, -0.25) is 14.9 Å². The van der Waals surface area contributed by atoms with E-state index >= 15 is 0 Å². The van der Waals surface area contributed by atoms with Crippen LogP contribution in [-0.2, 0) is 6.61 Å². The fraction of sp³-hybridized carbons (Fsp3) is 0.0526. The SMILES string of the molecule is O=c1ccc2nc3ccc(OCc4ccccc4[N+](=O)[O-])cc3oc-2c1. The van der Waals surface area contributed by atoms with Gasteiger partial charge in [0.2, 0.25) is 0 Å². The predicted octanol–water partition coefficient (Wildman–Crippen LogP) is 3.78. The van der Waals surface area contributed by atoms with E-state index in [9.17, 15) is 14.9 Å². The molecule has 0 N–H and O–H groups in total. The summed E-state index contributed by atoms with van der Waals surface area (Å²) in [7, 11) is 0. The van der Waals surface area contributed by atoms with E-state index in [0.29, 0.717) is 33.9 Å². The lowest BCUT2D eigenvalue weighted by molar-refractivity contribution is -0.385. The fourth-order valence-corrected chi connectivity index (χ4v) is 2.65. The summed E-state index contributed by atoms with van der Waals surface area (Å²) in [5.74, 6) is 0.875. The lowest BCUT2D eigenvalue weighted by Gasteiger charge is -2.09. The smallest absolute Gasteiger partial charge is 0.276 e. The Morgan fingerprint density at radius 3 is 2.77 bits per heavy atom. The highest BCUT2D eigenvalue weighted by Gasteiger charge is 2.14. The van der Waals surface area contributed by atoms with Crippen LogP contribution in [0, 0.1) is 10.1 Å². The van der Waals surface area contributed by atoms with Crippen LogP contribution in [0.2, 0.25) is 0 Å². The summed E-state index contributed by atoms with van der Waals surface area (Å²) in [6.07, 6.45) is 0. The zero-order chi connectivity index (χ0) is 18.1. The summed E-state index contributed by atoms with van der Waals surface area (Å²) in [4.78, 5) is 26.5. The molecule has 0 unspecified atom stereocenters. The molecular weight excluding hydrogens is 336 g/mol. The first kappa shape index (κ1) is 15.8. The molecule has 4 rings (SSSR count). The molecule has 2 aromatic rings. The van der Waals surface area contributed by atoms with Crippen molar-refractivity contribution in [3.8, 4) is 17.2 Å². The van der Waals surface area contributed by atoms with Gasteiger partial charge in [0.15, 0.2) is 16.8 Å². The van der Waals surface area contributed by atoms with Crippen molar-refractivity contribution in [3.05, 3.63) is 86.6 Å². The lowest BCUT2D eigenvalue weighted by atomic mass is 10.2. The van der Waals surface area contributed by atoms with Crippen LogP contribution in [0.15, 0.2) is 69.9 Å². The number of benzene rings is 3. The third kappa shape index (κ3) is 2.98.